The van der Waals surface area contributed by atoms with Crippen LogP contribution in [0.15, 0.2) is 10.7 Å². The van der Waals surface area contributed by atoms with E-state index in [4.69, 9.17) is 9.15 Å². The molecule has 148 valence electrons. The Morgan fingerprint density at radius 2 is 1.93 bits per heavy atom. The van der Waals surface area contributed by atoms with Crippen LogP contribution in [0.3, 0.4) is 0 Å². The second-order valence-corrected chi connectivity index (χ2v) is 8.10. The van der Waals surface area contributed by atoms with Crippen LogP contribution in [-0.2, 0) is 17.8 Å². The van der Waals surface area contributed by atoms with Gasteiger partial charge in [-0.25, -0.2) is 9.67 Å². The monoisotopic (exact) mass is 374 g/mol. The normalized spacial score (nSPS) is 22.6. The first-order valence-corrected chi connectivity index (χ1v) is 10.2. The van der Waals surface area contributed by atoms with E-state index >= 15 is 0 Å². The molecule has 27 heavy (non-hydrogen) atoms. The first-order valence-electron chi connectivity index (χ1n) is 10.2. The number of rotatable bonds is 6. The zero-order chi connectivity index (χ0) is 18.6. The Morgan fingerprint density at radius 1 is 1.11 bits per heavy atom. The van der Waals surface area contributed by atoms with Crippen LogP contribution < -0.4 is 0 Å². The third-order valence-corrected chi connectivity index (χ3v) is 5.50. The molecule has 0 unspecified atom stereocenters. The third-order valence-electron chi connectivity index (χ3n) is 5.50. The molecule has 2 aromatic rings. The molecule has 8 nitrogen and oxygen atoms in total. The molecule has 1 atom stereocenters. The van der Waals surface area contributed by atoms with Crippen molar-refractivity contribution in [1.82, 2.24) is 29.9 Å². The van der Waals surface area contributed by atoms with Crippen molar-refractivity contribution in [3.63, 3.8) is 0 Å². The third kappa shape index (κ3) is 4.38. The summed E-state index contributed by atoms with van der Waals surface area (Å²) in [5.41, 5.74) is 0. The largest absolute Gasteiger partial charge is 0.423 e. The van der Waals surface area contributed by atoms with E-state index in [9.17, 15) is 0 Å². The van der Waals surface area contributed by atoms with Gasteiger partial charge in [0.15, 0.2) is 0 Å². The number of nitrogens with zero attached hydrogens (tertiary/aromatic N) is 6. The number of hydrogen-bond donors (Lipinski definition) is 0. The molecule has 2 saturated heterocycles. The number of likely N-dealkylation sites (tertiary alicyclic amines) is 1. The molecule has 0 aromatic carbocycles. The summed E-state index contributed by atoms with van der Waals surface area (Å²) in [7, 11) is 0. The second-order valence-electron chi connectivity index (χ2n) is 8.10. The number of piperidine rings is 1. The quantitative estimate of drug-likeness (QED) is 0.769. The number of aromatic nitrogens is 5. The van der Waals surface area contributed by atoms with Gasteiger partial charge in [0.25, 0.3) is 0 Å². The van der Waals surface area contributed by atoms with Crippen LogP contribution in [0, 0.1) is 5.92 Å². The molecular formula is C19H30N6O2. The number of hydrogen-bond acceptors (Lipinski definition) is 7. The lowest BCUT2D eigenvalue weighted by molar-refractivity contribution is 0.0765. The first-order chi connectivity index (χ1) is 13.2. The van der Waals surface area contributed by atoms with Gasteiger partial charge in [-0.2, -0.15) is 5.10 Å². The summed E-state index contributed by atoms with van der Waals surface area (Å²) < 4.78 is 13.6. The summed E-state index contributed by atoms with van der Waals surface area (Å²) in [5.74, 6) is 3.43. The van der Waals surface area contributed by atoms with E-state index in [0.29, 0.717) is 11.8 Å². The summed E-state index contributed by atoms with van der Waals surface area (Å²) in [6, 6.07) is 0.170. The summed E-state index contributed by atoms with van der Waals surface area (Å²) in [5, 5.41) is 13.2. The van der Waals surface area contributed by atoms with Crippen LogP contribution in [0.25, 0.3) is 0 Å². The van der Waals surface area contributed by atoms with Gasteiger partial charge in [-0.15, -0.1) is 10.2 Å². The van der Waals surface area contributed by atoms with Gasteiger partial charge in [-0.1, -0.05) is 20.3 Å². The molecule has 0 N–H and O–H groups in total. The molecule has 4 rings (SSSR count). The Morgan fingerprint density at radius 3 is 2.74 bits per heavy atom. The van der Waals surface area contributed by atoms with Crippen molar-refractivity contribution in [3.05, 3.63) is 23.9 Å². The van der Waals surface area contributed by atoms with E-state index in [-0.39, 0.29) is 6.04 Å². The topological polar surface area (TPSA) is 82.1 Å². The zero-order valence-electron chi connectivity index (χ0n) is 16.4. The maximum Gasteiger partial charge on any atom is 0.233 e. The molecule has 0 aliphatic carbocycles. The Balaban J connectivity index is 1.48. The summed E-state index contributed by atoms with van der Waals surface area (Å²) in [4.78, 5) is 6.92. The summed E-state index contributed by atoms with van der Waals surface area (Å²) >= 11 is 0. The van der Waals surface area contributed by atoms with Gasteiger partial charge in [0, 0.05) is 25.7 Å². The Hall–Kier alpha value is -1.80. The van der Waals surface area contributed by atoms with E-state index in [1.54, 1.807) is 6.33 Å². The highest BCUT2D eigenvalue weighted by Gasteiger charge is 2.31. The maximum atomic E-state index is 6.14. The van der Waals surface area contributed by atoms with Crippen LogP contribution in [0.5, 0.6) is 0 Å². The highest BCUT2D eigenvalue weighted by molar-refractivity contribution is 4.99. The first kappa shape index (κ1) is 18.6. The molecule has 0 saturated carbocycles. The lowest BCUT2D eigenvalue weighted by Crippen LogP contribution is -2.34. The minimum absolute atomic E-state index is 0.170. The molecule has 2 fully saturated rings. The number of ether oxygens (including phenoxy) is 1. The summed E-state index contributed by atoms with van der Waals surface area (Å²) in [6.45, 7) is 8.65. The van der Waals surface area contributed by atoms with E-state index in [1.807, 2.05) is 4.68 Å². The molecule has 2 aromatic heterocycles. The van der Waals surface area contributed by atoms with Crippen LogP contribution in [-0.4, -0.2) is 49.6 Å². The minimum atomic E-state index is 0.170. The molecule has 0 spiro atoms. The smallest absolute Gasteiger partial charge is 0.233 e. The van der Waals surface area contributed by atoms with Crippen LogP contribution in [0.2, 0.25) is 0 Å². The van der Waals surface area contributed by atoms with Crippen molar-refractivity contribution >= 4 is 0 Å². The van der Waals surface area contributed by atoms with Crippen molar-refractivity contribution in [2.75, 3.05) is 19.8 Å². The van der Waals surface area contributed by atoms with Gasteiger partial charge in [0.1, 0.15) is 12.2 Å². The molecule has 0 amide bonds. The van der Waals surface area contributed by atoms with Gasteiger partial charge in [-0.05, 0) is 38.1 Å². The van der Waals surface area contributed by atoms with Gasteiger partial charge >= 0.3 is 0 Å². The van der Waals surface area contributed by atoms with Crippen molar-refractivity contribution in [2.24, 2.45) is 5.92 Å². The average molecular weight is 374 g/mol. The predicted molar refractivity (Wildman–Crippen MR) is 99.0 cm³/mol. The van der Waals surface area contributed by atoms with Gasteiger partial charge in [0.2, 0.25) is 11.8 Å². The Bertz CT molecular complexity index is 721. The van der Waals surface area contributed by atoms with Crippen molar-refractivity contribution < 1.29 is 9.15 Å². The van der Waals surface area contributed by atoms with Crippen LogP contribution in [0.4, 0.5) is 0 Å². The highest BCUT2D eigenvalue weighted by atomic mass is 16.5. The van der Waals surface area contributed by atoms with E-state index < -0.39 is 0 Å². The van der Waals surface area contributed by atoms with Crippen molar-refractivity contribution in [2.45, 2.75) is 71.0 Å². The highest BCUT2D eigenvalue weighted by Crippen LogP contribution is 2.33. The van der Waals surface area contributed by atoms with Gasteiger partial charge in [-0.3, -0.25) is 4.90 Å². The van der Waals surface area contributed by atoms with Crippen LogP contribution >= 0.6 is 0 Å². The van der Waals surface area contributed by atoms with Crippen molar-refractivity contribution in [3.8, 4) is 0 Å². The second kappa shape index (κ2) is 8.48. The predicted octanol–water partition coefficient (Wildman–Crippen LogP) is 2.94. The van der Waals surface area contributed by atoms with E-state index in [2.05, 4.69) is 39.0 Å². The molecule has 2 aliphatic rings. The maximum absolute atomic E-state index is 6.14. The van der Waals surface area contributed by atoms with Gasteiger partial charge in [0.05, 0.1) is 12.6 Å². The lowest BCUT2D eigenvalue weighted by Gasteiger charge is -2.33. The van der Waals surface area contributed by atoms with Crippen LogP contribution in [0.1, 0.15) is 75.5 Å². The average Bonchev–Trinajstić information content (AvgIpc) is 3.33. The van der Waals surface area contributed by atoms with Crippen molar-refractivity contribution in [1.29, 1.82) is 0 Å². The molecule has 8 heteroatoms. The SMILES string of the molecule is CC(C)Cn1ncnc1CN1CCCC[C@H]1c1nnc(C2CCOCC2)o1. The Labute approximate surface area is 160 Å². The van der Waals surface area contributed by atoms with Gasteiger partial charge < -0.3 is 9.15 Å². The molecule has 2 aliphatic heterocycles. The fraction of sp³-hybridized carbons (Fsp3) is 0.789. The summed E-state index contributed by atoms with van der Waals surface area (Å²) in [6.07, 6.45) is 7.02. The fourth-order valence-corrected chi connectivity index (χ4v) is 4.04. The Kier molecular flexibility index (Phi) is 5.83. The van der Waals surface area contributed by atoms with E-state index in [1.165, 1.54) is 12.8 Å². The lowest BCUT2D eigenvalue weighted by atomic mass is 10.0. The van der Waals surface area contributed by atoms with E-state index in [0.717, 1.165) is 69.7 Å². The standard InChI is InChI=1S/C19H30N6O2/c1-14(2)11-25-17(20-13-21-25)12-24-8-4-3-5-16(24)19-23-22-18(27-19)15-6-9-26-10-7-15/h13-16H,3-12H2,1-2H3/t16-/m0/s1. The molecule has 4 heterocycles. The molecule has 0 bridgehead atoms. The fourth-order valence-electron chi connectivity index (χ4n) is 4.04. The minimum Gasteiger partial charge on any atom is -0.423 e. The molecule has 0 radical (unpaired) electrons. The zero-order valence-corrected chi connectivity index (χ0v) is 16.4. The molecular weight excluding hydrogens is 344 g/mol.